The van der Waals surface area contributed by atoms with Gasteiger partial charge in [-0.25, -0.2) is 9.78 Å². The van der Waals surface area contributed by atoms with Crippen molar-refractivity contribution in [2.75, 3.05) is 32.9 Å². The van der Waals surface area contributed by atoms with Gasteiger partial charge in [0.25, 0.3) is 10.6 Å². The van der Waals surface area contributed by atoms with E-state index in [1.165, 1.54) is 17.9 Å². The molecule has 3 N–H and O–H groups in total. The number of ether oxygens (including phenoxy) is 2. The van der Waals surface area contributed by atoms with Crippen molar-refractivity contribution < 1.29 is 29.3 Å². The second-order valence-corrected chi connectivity index (χ2v) is 7.84. The molecule has 2 aliphatic heterocycles. The minimum absolute atomic E-state index is 0.00664. The normalized spacial score (nSPS) is 20.4. The Morgan fingerprint density at radius 3 is 2.94 bits per heavy atom. The van der Waals surface area contributed by atoms with Crippen LogP contribution in [0.4, 0.5) is 0 Å². The van der Waals surface area contributed by atoms with E-state index < -0.39 is 34.6 Å². The van der Waals surface area contributed by atoms with Gasteiger partial charge in [-0.2, -0.15) is 0 Å². The summed E-state index contributed by atoms with van der Waals surface area (Å²) in [5, 5.41) is 22.8. The summed E-state index contributed by atoms with van der Waals surface area (Å²) in [4.78, 5) is 48.9. The molecule has 2 aliphatic rings. The zero-order valence-electron chi connectivity index (χ0n) is 18.5. The molecular formula is C18H25N7O9. The van der Waals surface area contributed by atoms with E-state index in [-0.39, 0.29) is 26.4 Å². The number of aliphatic hydroxyl groups excluding tert-OH is 1. The van der Waals surface area contributed by atoms with Crippen LogP contribution in [0.2, 0.25) is 0 Å². The molecule has 0 aliphatic carbocycles. The van der Waals surface area contributed by atoms with Crippen molar-refractivity contribution in [2.45, 2.75) is 24.9 Å². The smallest absolute Gasteiger partial charge is 0.332 e. The van der Waals surface area contributed by atoms with Gasteiger partial charge in [-0.1, -0.05) is 0 Å². The van der Waals surface area contributed by atoms with Crippen LogP contribution >= 0.6 is 0 Å². The van der Waals surface area contributed by atoms with Crippen molar-refractivity contribution in [1.29, 1.82) is 0 Å². The Kier molecular flexibility index (Phi) is 6.82. The summed E-state index contributed by atoms with van der Waals surface area (Å²) in [5.41, 5.74) is 2.89. The maximum absolute atomic E-state index is 12.4. The van der Waals surface area contributed by atoms with Crippen LogP contribution < -0.4 is 22.0 Å². The lowest BCUT2D eigenvalue weighted by Crippen LogP contribution is -2.38. The molecule has 3 atom stereocenters. The molecule has 3 unspecified atom stereocenters. The van der Waals surface area contributed by atoms with Crippen LogP contribution in [0.5, 0.6) is 0 Å². The lowest BCUT2D eigenvalue weighted by Gasteiger charge is -2.14. The van der Waals surface area contributed by atoms with E-state index in [0.717, 1.165) is 4.57 Å². The number of aliphatic hydroxyl groups is 1. The summed E-state index contributed by atoms with van der Waals surface area (Å²) in [6, 6.07) is 0. The first kappa shape index (κ1) is 23.7. The van der Waals surface area contributed by atoms with Crippen molar-refractivity contribution in [3.63, 3.8) is 0 Å². The molecule has 16 heteroatoms. The standard InChI is InChI=1S/C18H25N7O9/c1-22-16-13(17(27)23(2)18(22)28)24(9-20-16)4-3-19-5-10(26)6-33-21-11-7-31-15-12(34-25(29)30)8-32-14(11)15/h9-10,12,15,19,21,26H,3-8H2,1-2H3. The predicted octanol–water partition coefficient (Wildman–Crippen LogP) is -2.88. The molecule has 16 nitrogen and oxygen atoms in total. The third-order valence-corrected chi connectivity index (χ3v) is 5.52. The van der Waals surface area contributed by atoms with Gasteiger partial charge in [-0.15, -0.1) is 10.1 Å². The van der Waals surface area contributed by atoms with E-state index in [1.807, 2.05) is 0 Å². The Balaban J connectivity index is 1.21. The number of hydroxylamine groups is 1. The Morgan fingerprint density at radius 1 is 1.38 bits per heavy atom. The lowest BCUT2D eigenvalue weighted by molar-refractivity contribution is -0.769. The van der Waals surface area contributed by atoms with E-state index in [4.69, 9.17) is 14.3 Å². The fourth-order valence-corrected chi connectivity index (χ4v) is 3.79. The molecule has 2 aromatic heterocycles. The summed E-state index contributed by atoms with van der Waals surface area (Å²) in [6.45, 7) is 1.09. The molecule has 0 bridgehead atoms. The van der Waals surface area contributed by atoms with Crippen molar-refractivity contribution in [3.8, 4) is 0 Å². The average Bonchev–Trinajstić information content (AvgIpc) is 3.50. The number of aryl methyl sites for hydroxylation is 1. The highest BCUT2D eigenvalue weighted by Crippen LogP contribution is 2.31. The fraction of sp³-hybridized carbons (Fsp3) is 0.611. The number of nitrogens with one attached hydrogen (secondary N) is 2. The van der Waals surface area contributed by atoms with E-state index in [2.05, 4.69) is 20.6 Å². The summed E-state index contributed by atoms with van der Waals surface area (Å²) in [6.07, 6.45) is -0.868. The molecule has 0 radical (unpaired) electrons. The third kappa shape index (κ3) is 4.60. The molecule has 4 rings (SSSR count). The van der Waals surface area contributed by atoms with Crippen LogP contribution in [0, 0.1) is 10.1 Å². The molecule has 0 saturated carbocycles. The molecule has 1 fully saturated rings. The average molecular weight is 483 g/mol. The van der Waals surface area contributed by atoms with Gasteiger partial charge >= 0.3 is 5.69 Å². The first-order valence-electron chi connectivity index (χ1n) is 10.4. The Labute approximate surface area is 191 Å². The monoisotopic (exact) mass is 483 g/mol. The highest BCUT2D eigenvalue weighted by Gasteiger charge is 2.43. The first-order valence-corrected chi connectivity index (χ1v) is 10.4. The number of rotatable bonds is 11. The molecular weight excluding hydrogens is 458 g/mol. The second kappa shape index (κ2) is 9.80. The third-order valence-electron chi connectivity index (χ3n) is 5.52. The van der Waals surface area contributed by atoms with Gasteiger partial charge in [-0.3, -0.25) is 24.2 Å². The number of hydrogen-bond acceptors (Lipinski definition) is 12. The van der Waals surface area contributed by atoms with Crippen LogP contribution in [0.3, 0.4) is 0 Å². The van der Waals surface area contributed by atoms with E-state index >= 15 is 0 Å². The zero-order chi connectivity index (χ0) is 24.4. The molecule has 34 heavy (non-hydrogen) atoms. The molecule has 0 spiro atoms. The second-order valence-electron chi connectivity index (χ2n) is 7.84. The van der Waals surface area contributed by atoms with Crippen LogP contribution in [0.25, 0.3) is 11.2 Å². The van der Waals surface area contributed by atoms with Crippen molar-refractivity contribution >= 4 is 11.2 Å². The number of fused-ring (bicyclic) bond motifs is 2. The molecule has 0 amide bonds. The summed E-state index contributed by atoms with van der Waals surface area (Å²) >= 11 is 0. The minimum atomic E-state index is -0.886. The van der Waals surface area contributed by atoms with Gasteiger partial charge in [0.05, 0.1) is 19.0 Å². The Hall–Kier alpha value is -3.47. The molecule has 4 heterocycles. The predicted molar refractivity (Wildman–Crippen MR) is 113 cm³/mol. The maximum atomic E-state index is 12.4. The fourth-order valence-electron chi connectivity index (χ4n) is 3.79. The molecule has 0 aromatic carbocycles. The van der Waals surface area contributed by atoms with Gasteiger partial charge in [-0.05, 0) is 0 Å². The van der Waals surface area contributed by atoms with Gasteiger partial charge in [0.1, 0.15) is 25.0 Å². The molecule has 186 valence electrons. The maximum Gasteiger partial charge on any atom is 0.332 e. The number of aromatic nitrogens is 4. The SMILES string of the molecule is Cn1c(=O)c2c(ncn2CCNCC(O)CONC2=C3OCC(O[N+](=O)[O-])C3OC2)n(C)c1=O. The van der Waals surface area contributed by atoms with E-state index in [9.17, 15) is 24.8 Å². The Morgan fingerprint density at radius 2 is 2.18 bits per heavy atom. The van der Waals surface area contributed by atoms with E-state index in [0.29, 0.717) is 35.7 Å². The first-order chi connectivity index (χ1) is 16.3. The highest BCUT2D eigenvalue weighted by atomic mass is 17.0. The van der Waals surface area contributed by atoms with Gasteiger partial charge < -0.3 is 29.3 Å². The van der Waals surface area contributed by atoms with E-state index in [1.54, 1.807) is 11.6 Å². The number of imidazole rings is 1. The topological polar surface area (TPSA) is 186 Å². The number of hydrogen-bond donors (Lipinski definition) is 3. The Bertz CT molecular complexity index is 1220. The van der Waals surface area contributed by atoms with Crippen molar-refractivity contribution in [3.05, 3.63) is 48.7 Å². The van der Waals surface area contributed by atoms with Crippen LogP contribution in [-0.4, -0.2) is 80.1 Å². The van der Waals surface area contributed by atoms with Gasteiger partial charge in [0.2, 0.25) is 0 Å². The van der Waals surface area contributed by atoms with Crippen molar-refractivity contribution in [2.24, 2.45) is 14.1 Å². The minimum Gasteiger partial charge on any atom is -0.491 e. The van der Waals surface area contributed by atoms with Crippen LogP contribution in [0.15, 0.2) is 27.4 Å². The largest absolute Gasteiger partial charge is 0.491 e. The van der Waals surface area contributed by atoms with Crippen molar-refractivity contribution in [1.82, 2.24) is 29.5 Å². The molecule has 1 saturated heterocycles. The van der Waals surface area contributed by atoms with Gasteiger partial charge in [0.15, 0.2) is 23.0 Å². The van der Waals surface area contributed by atoms with Gasteiger partial charge in [0, 0.05) is 33.7 Å². The lowest BCUT2D eigenvalue weighted by atomic mass is 10.2. The quantitative estimate of drug-likeness (QED) is 0.169. The number of nitrogens with zero attached hydrogens (tertiary/aromatic N) is 5. The summed E-state index contributed by atoms with van der Waals surface area (Å²) in [7, 11) is 2.96. The summed E-state index contributed by atoms with van der Waals surface area (Å²) < 4.78 is 14.8. The zero-order valence-corrected chi connectivity index (χ0v) is 18.5. The molecule has 2 aromatic rings. The van der Waals surface area contributed by atoms with Crippen LogP contribution in [0.1, 0.15) is 0 Å². The summed E-state index contributed by atoms with van der Waals surface area (Å²) in [5.74, 6) is 0.385. The van der Waals surface area contributed by atoms with Crippen LogP contribution in [-0.2, 0) is 39.8 Å². The highest BCUT2D eigenvalue weighted by molar-refractivity contribution is 5.69.